The van der Waals surface area contributed by atoms with Crippen molar-refractivity contribution in [1.82, 2.24) is 25.7 Å². The molecular formula is C16H20N6O2. The van der Waals surface area contributed by atoms with Gasteiger partial charge in [0.25, 0.3) is 0 Å². The maximum Gasteiger partial charge on any atom is 0.241 e. The number of rotatable bonds is 3. The van der Waals surface area contributed by atoms with Crippen molar-refractivity contribution in [3.63, 3.8) is 0 Å². The molecule has 0 aliphatic carbocycles. The van der Waals surface area contributed by atoms with Gasteiger partial charge in [0.1, 0.15) is 11.8 Å². The fourth-order valence-electron chi connectivity index (χ4n) is 3.20. The number of nitrogens with zero attached hydrogens (tertiary/aromatic N) is 4. The van der Waals surface area contributed by atoms with E-state index in [1.807, 2.05) is 17.0 Å². The molecule has 0 saturated carbocycles. The van der Waals surface area contributed by atoms with Gasteiger partial charge in [-0.15, -0.1) is 0 Å². The quantitative estimate of drug-likeness (QED) is 0.839. The van der Waals surface area contributed by atoms with Gasteiger partial charge in [-0.2, -0.15) is 0 Å². The Morgan fingerprint density at radius 1 is 1.12 bits per heavy atom. The zero-order valence-electron chi connectivity index (χ0n) is 13.3. The lowest BCUT2D eigenvalue weighted by Gasteiger charge is -2.35. The van der Waals surface area contributed by atoms with Crippen LogP contribution in [-0.2, 0) is 4.79 Å². The normalized spacial score (nSPS) is 24.3. The van der Waals surface area contributed by atoms with E-state index in [4.69, 9.17) is 4.42 Å². The van der Waals surface area contributed by atoms with E-state index < -0.39 is 0 Å². The second-order valence-electron chi connectivity index (χ2n) is 6.01. The maximum atomic E-state index is 12.7. The van der Waals surface area contributed by atoms with Crippen LogP contribution in [0, 0.1) is 0 Å². The molecule has 2 aromatic heterocycles. The largest absolute Gasteiger partial charge is 0.468 e. The summed E-state index contributed by atoms with van der Waals surface area (Å²) in [5.74, 6) is 1.71. The Morgan fingerprint density at radius 2 is 1.92 bits per heavy atom. The number of amides is 1. The average molecular weight is 328 g/mol. The van der Waals surface area contributed by atoms with Crippen molar-refractivity contribution in [2.24, 2.45) is 0 Å². The van der Waals surface area contributed by atoms with Gasteiger partial charge in [0.05, 0.1) is 12.3 Å². The van der Waals surface area contributed by atoms with E-state index in [1.165, 1.54) is 0 Å². The molecule has 8 heteroatoms. The summed E-state index contributed by atoms with van der Waals surface area (Å²) in [6.45, 7) is 2.86. The molecule has 24 heavy (non-hydrogen) atoms. The van der Waals surface area contributed by atoms with Crippen LogP contribution in [0.2, 0.25) is 0 Å². The Balaban J connectivity index is 1.32. The van der Waals surface area contributed by atoms with Gasteiger partial charge >= 0.3 is 0 Å². The first kappa shape index (κ1) is 15.1. The number of furan rings is 1. The van der Waals surface area contributed by atoms with Crippen LogP contribution in [0.3, 0.4) is 0 Å². The summed E-state index contributed by atoms with van der Waals surface area (Å²) in [4.78, 5) is 25.2. The topological polar surface area (TPSA) is 86.5 Å². The lowest BCUT2D eigenvalue weighted by atomic mass is 10.1. The van der Waals surface area contributed by atoms with E-state index >= 15 is 0 Å². The smallest absolute Gasteiger partial charge is 0.241 e. The molecule has 0 radical (unpaired) electrons. The molecule has 2 unspecified atom stereocenters. The molecule has 4 rings (SSSR count). The molecule has 0 spiro atoms. The number of anilines is 1. The van der Waals surface area contributed by atoms with E-state index in [1.54, 1.807) is 24.7 Å². The highest BCUT2D eigenvalue weighted by molar-refractivity contribution is 5.82. The van der Waals surface area contributed by atoms with Crippen LogP contribution in [0.4, 0.5) is 5.95 Å². The zero-order chi connectivity index (χ0) is 16.4. The predicted molar refractivity (Wildman–Crippen MR) is 87.0 cm³/mol. The van der Waals surface area contributed by atoms with Crippen LogP contribution in [0.25, 0.3) is 0 Å². The minimum atomic E-state index is -0.223. The molecule has 2 aliphatic heterocycles. The molecule has 126 valence electrons. The van der Waals surface area contributed by atoms with Crippen molar-refractivity contribution in [1.29, 1.82) is 0 Å². The second-order valence-corrected chi connectivity index (χ2v) is 6.01. The summed E-state index contributed by atoms with van der Waals surface area (Å²) < 4.78 is 5.41. The first-order valence-electron chi connectivity index (χ1n) is 8.16. The molecule has 2 fully saturated rings. The molecule has 0 bridgehead atoms. The Kier molecular flexibility index (Phi) is 4.14. The Labute approximate surface area is 139 Å². The van der Waals surface area contributed by atoms with E-state index in [-0.39, 0.29) is 18.0 Å². The van der Waals surface area contributed by atoms with E-state index in [2.05, 4.69) is 25.7 Å². The van der Waals surface area contributed by atoms with Gasteiger partial charge in [-0.1, -0.05) is 0 Å². The SMILES string of the molecule is O=C(C1CC(c2ccco2)NN1)N1CCN(c2ncccn2)CC1. The molecule has 2 aromatic rings. The lowest BCUT2D eigenvalue weighted by molar-refractivity contribution is -0.133. The highest BCUT2D eigenvalue weighted by Gasteiger charge is 2.35. The fourth-order valence-corrected chi connectivity index (χ4v) is 3.20. The van der Waals surface area contributed by atoms with Gasteiger partial charge in [-0.25, -0.2) is 20.8 Å². The van der Waals surface area contributed by atoms with Crippen molar-refractivity contribution in [2.45, 2.75) is 18.5 Å². The van der Waals surface area contributed by atoms with Crippen LogP contribution in [0.1, 0.15) is 18.2 Å². The van der Waals surface area contributed by atoms with Gasteiger partial charge in [0, 0.05) is 38.6 Å². The first-order chi connectivity index (χ1) is 11.8. The molecule has 2 N–H and O–H groups in total. The van der Waals surface area contributed by atoms with E-state index in [0.717, 1.165) is 24.8 Å². The minimum Gasteiger partial charge on any atom is -0.468 e. The number of nitrogens with one attached hydrogen (secondary N) is 2. The van der Waals surface area contributed by atoms with Crippen LogP contribution in [-0.4, -0.2) is 53.0 Å². The summed E-state index contributed by atoms with van der Waals surface area (Å²) in [6.07, 6.45) is 5.82. The standard InChI is InChI=1S/C16H20N6O2/c23-15(13-11-12(19-20-13)14-3-1-10-24-14)21-6-8-22(9-7-21)16-17-4-2-5-18-16/h1-5,10,12-13,19-20H,6-9,11H2. The number of hydrogen-bond acceptors (Lipinski definition) is 7. The molecule has 4 heterocycles. The highest BCUT2D eigenvalue weighted by Crippen LogP contribution is 2.23. The van der Waals surface area contributed by atoms with Crippen molar-refractivity contribution in [3.05, 3.63) is 42.6 Å². The summed E-state index contributed by atoms with van der Waals surface area (Å²) in [5, 5.41) is 0. The Bertz CT molecular complexity index is 669. The van der Waals surface area contributed by atoms with Crippen LogP contribution in [0.5, 0.6) is 0 Å². The first-order valence-corrected chi connectivity index (χ1v) is 8.16. The Morgan fingerprint density at radius 3 is 2.62 bits per heavy atom. The lowest BCUT2D eigenvalue weighted by Crippen LogP contribution is -2.54. The van der Waals surface area contributed by atoms with Gasteiger partial charge < -0.3 is 14.2 Å². The molecule has 1 amide bonds. The van der Waals surface area contributed by atoms with Gasteiger partial charge in [-0.3, -0.25) is 4.79 Å². The number of carbonyl (C=O) groups is 1. The maximum absolute atomic E-state index is 12.7. The minimum absolute atomic E-state index is 0.0351. The van der Waals surface area contributed by atoms with Gasteiger partial charge in [0.15, 0.2) is 0 Å². The number of hydrogen-bond donors (Lipinski definition) is 2. The predicted octanol–water partition coefficient (Wildman–Crippen LogP) is 0.326. The monoisotopic (exact) mass is 328 g/mol. The van der Waals surface area contributed by atoms with Crippen LogP contribution in [0.15, 0.2) is 41.3 Å². The zero-order valence-corrected chi connectivity index (χ0v) is 13.3. The molecule has 8 nitrogen and oxygen atoms in total. The third-order valence-corrected chi connectivity index (χ3v) is 4.51. The van der Waals surface area contributed by atoms with E-state index in [0.29, 0.717) is 19.5 Å². The molecule has 2 atom stereocenters. The Hall–Kier alpha value is -2.45. The van der Waals surface area contributed by atoms with Gasteiger partial charge in [-0.05, 0) is 24.6 Å². The van der Waals surface area contributed by atoms with Gasteiger partial charge in [0.2, 0.25) is 11.9 Å². The van der Waals surface area contributed by atoms with Crippen molar-refractivity contribution < 1.29 is 9.21 Å². The molecule has 2 aliphatic rings. The molecule has 0 aromatic carbocycles. The van der Waals surface area contributed by atoms with E-state index in [9.17, 15) is 4.79 Å². The third-order valence-electron chi connectivity index (χ3n) is 4.51. The number of carbonyl (C=O) groups excluding carboxylic acids is 1. The molecular weight excluding hydrogens is 308 g/mol. The summed E-state index contributed by atoms with van der Waals surface area (Å²) in [6, 6.07) is 5.40. The second kappa shape index (κ2) is 6.58. The number of hydrazine groups is 1. The molecule has 2 saturated heterocycles. The third kappa shape index (κ3) is 2.98. The number of piperazine rings is 1. The van der Waals surface area contributed by atoms with Crippen LogP contribution < -0.4 is 15.8 Å². The average Bonchev–Trinajstić information content (AvgIpc) is 3.33. The summed E-state index contributed by atoms with van der Waals surface area (Å²) >= 11 is 0. The van der Waals surface area contributed by atoms with Crippen molar-refractivity contribution in [2.75, 3.05) is 31.1 Å². The summed E-state index contributed by atoms with van der Waals surface area (Å²) in [7, 11) is 0. The van der Waals surface area contributed by atoms with Crippen molar-refractivity contribution >= 4 is 11.9 Å². The fraction of sp³-hybridized carbons (Fsp3) is 0.438. The van der Waals surface area contributed by atoms with Crippen LogP contribution >= 0.6 is 0 Å². The van der Waals surface area contributed by atoms with Crippen molar-refractivity contribution in [3.8, 4) is 0 Å². The highest BCUT2D eigenvalue weighted by atomic mass is 16.3. The number of aromatic nitrogens is 2. The summed E-state index contributed by atoms with van der Waals surface area (Å²) in [5.41, 5.74) is 6.24.